The van der Waals surface area contributed by atoms with Crippen molar-refractivity contribution in [3.8, 4) is 0 Å². The third-order valence-electron chi connectivity index (χ3n) is 3.69. The van der Waals surface area contributed by atoms with Crippen LogP contribution in [0.1, 0.15) is 22.5 Å². The van der Waals surface area contributed by atoms with Gasteiger partial charge in [-0.1, -0.05) is 0 Å². The molecule has 3 heterocycles. The highest BCUT2D eigenvalue weighted by molar-refractivity contribution is 7.27. The highest BCUT2D eigenvalue weighted by atomic mass is 32.1. The summed E-state index contributed by atoms with van der Waals surface area (Å²) in [6.07, 6.45) is 2.36. The van der Waals surface area contributed by atoms with Crippen molar-refractivity contribution in [2.75, 3.05) is 26.7 Å². The van der Waals surface area contributed by atoms with Gasteiger partial charge in [0, 0.05) is 23.0 Å². The van der Waals surface area contributed by atoms with Crippen molar-refractivity contribution in [2.24, 2.45) is 5.92 Å². The molecule has 0 atom stereocenters. The molecule has 5 heteroatoms. The number of fused-ring (bicyclic) bond motifs is 1. The Balaban J connectivity index is 1.66. The molecular formula is C14H18N2OS2. The number of nitrogens with zero attached hydrogens (tertiary/aromatic N) is 1. The van der Waals surface area contributed by atoms with E-state index in [1.165, 1.54) is 22.2 Å². The second kappa shape index (κ2) is 5.61. The Labute approximate surface area is 121 Å². The van der Waals surface area contributed by atoms with E-state index < -0.39 is 0 Å². The van der Waals surface area contributed by atoms with Gasteiger partial charge in [-0.05, 0) is 49.4 Å². The predicted octanol–water partition coefficient (Wildman–Crippen LogP) is 3.03. The molecule has 0 radical (unpaired) electrons. The van der Waals surface area contributed by atoms with Crippen molar-refractivity contribution in [3.63, 3.8) is 0 Å². The zero-order valence-corrected chi connectivity index (χ0v) is 12.6. The molecule has 0 bridgehead atoms. The fourth-order valence-corrected chi connectivity index (χ4v) is 4.70. The van der Waals surface area contributed by atoms with Gasteiger partial charge in [0.25, 0.3) is 5.91 Å². The van der Waals surface area contributed by atoms with Crippen molar-refractivity contribution in [2.45, 2.75) is 12.8 Å². The normalized spacial score (nSPS) is 16.9. The van der Waals surface area contributed by atoms with E-state index in [4.69, 9.17) is 0 Å². The van der Waals surface area contributed by atoms with Gasteiger partial charge in [-0.3, -0.25) is 4.79 Å². The number of carbonyl (C=O) groups excluding carboxylic acids is 1. The molecule has 19 heavy (non-hydrogen) atoms. The molecule has 1 N–H and O–H groups in total. The van der Waals surface area contributed by atoms with Crippen LogP contribution in [0.4, 0.5) is 0 Å². The molecule has 1 amide bonds. The van der Waals surface area contributed by atoms with Crippen LogP contribution >= 0.6 is 22.7 Å². The maximum atomic E-state index is 12.4. The van der Waals surface area contributed by atoms with E-state index in [0.717, 1.165) is 24.5 Å². The second-order valence-electron chi connectivity index (χ2n) is 5.14. The Kier molecular flexibility index (Phi) is 3.86. The maximum Gasteiger partial charge on any atom is 0.263 e. The van der Waals surface area contributed by atoms with Crippen LogP contribution in [0.5, 0.6) is 0 Å². The van der Waals surface area contributed by atoms with Gasteiger partial charge in [0.1, 0.15) is 0 Å². The SMILES string of the molecule is CN(CC1CCNCC1)C(=O)c1cc2sccc2s1. The standard InChI is InChI=1S/C14H18N2OS2/c1-16(9-10-2-5-15-6-3-10)14(17)13-8-12-11(19-13)4-7-18-12/h4,7-8,10,15H,2-3,5-6,9H2,1H3. The average Bonchev–Trinajstić information content (AvgIpc) is 2.99. The Morgan fingerprint density at radius 3 is 2.95 bits per heavy atom. The summed E-state index contributed by atoms with van der Waals surface area (Å²) in [5.41, 5.74) is 0. The van der Waals surface area contributed by atoms with Crippen molar-refractivity contribution >= 4 is 38.0 Å². The summed E-state index contributed by atoms with van der Waals surface area (Å²) in [6.45, 7) is 3.05. The molecule has 2 aromatic heterocycles. The number of thiophene rings is 2. The zero-order valence-electron chi connectivity index (χ0n) is 11.0. The number of amides is 1. The third kappa shape index (κ3) is 2.83. The first kappa shape index (κ1) is 13.1. The van der Waals surface area contributed by atoms with E-state index in [9.17, 15) is 4.79 Å². The molecule has 3 nitrogen and oxygen atoms in total. The Hall–Kier alpha value is -0.910. The Morgan fingerprint density at radius 1 is 1.42 bits per heavy atom. The molecule has 0 aliphatic carbocycles. The summed E-state index contributed by atoms with van der Waals surface area (Å²) < 4.78 is 2.45. The van der Waals surface area contributed by atoms with Gasteiger partial charge in [0.05, 0.1) is 4.88 Å². The van der Waals surface area contributed by atoms with E-state index in [1.807, 2.05) is 18.0 Å². The summed E-state index contributed by atoms with van der Waals surface area (Å²) >= 11 is 3.31. The minimum Gasteiger partial charge on any atom is -0.341 e. The quantitative estimate of drug-likeness (QED) is 0.943. The van der Waals surface area contributed by atoms with Gasteiger partial charge >= 0.3 is 0 Å². The molecule has 0 unspecified atom stereocenters. The molecule has 102 valence electrons. The molecule has 1 aliphatic heterocycles. The van der Waals surface area contributed by atoms with Crippen LogP contribution < -0.4 is 5.32 Å². The second-order valence-corrected chi connectivity index (χ2v) is 7.17. The summed E-state index contributed by atoms with van der Waals surface area (Å²) in [5, 5.41) is 5.44. The zero-order chi connectivity index (χ0) is 13.2. The lowest BCUT2D eigenvalue weighted by Crippen LogP contribution is -2.36. The number of nitrogens with one attached hydrogen (secondary N) is 1. The minimum absolute atomic E-state index is 0.173. The van der Waals surface area contributed by atoms with E-state index in [2.05, 4.69) is 16.8 Å². The van der Waals surface area contributed by atoms with E-state index in [0.29, 0.717) is 5.92 Å². The van der Waals surface area contributed by atoms with Crippen LogP contribution in [0, 0.1) is 5.92 Å². The van der Waals surface area contributed by atoms with Crippen molar-refractivity contribution in [1.82, 2.24) is 10.2 Å². The number of rotatable bonds is 3. The molecule has 2 aromatic rings. The van der Waals surface area contributed by atoms with E-state index in [-0.39, 0.29) is 5.91 Å². The minimum atomic E-state index is 0.173. The first-order valence-electron chi connectivity index (χ1n) is 6.67. The van der Waals surface area contributed by atoms with Gasteiger partial charge in [0.15, 0.2) is 0 Å². The van der Waals surface area contributed by atoms with Crippen LogP contribution in [0.25, 0.3) is 9.40 Å². The molecule has 0 spiro atoms. The monoisotopic (exact) mass is 294 g/mol. The van der Waals surface area contributed by atoms with Gasteiger partial charge in [-0.25, -0.2) is 0 Å². The van der Waals surface area contributed by atoms with E-state index >= 15 is 0 Å². The largest absolute Gasteiger partial charge is 0.341 e. The third-order valence-corrected chi connectivity index (χ3v) is 5.77. The van der Waals surface area contributed by atoms with Crippen molar-refractivity contribution < 1.29 is 4.79 Å². The number of hydrogen-bond donors (Lipinski definition) is 1. The first-order valence-corrected chi connectivity index (χ1v) is 8.37. The fraction of sp³-hybridized carbons (Fsp3) is 0.500. The number of carbonyl (C=O) groups is 1. The molecule has 0 saturated carbocycles. The van der Waals surface area contributed by atoms with Crippen LogP contribution in [-0.4, -0.2) is 37.5 Å². The molecule has 1 fully saturated rings. The lowest BCUT2D eigenvalue weighted by molar-refractivity contribution is 0.0767. The number of piperidine rings is 1. The van der Waals surface area contributed by atoms with E-state index in [1.54, 1.807) is 22.7 Å². The van der Waals surface area contributed by atoms with Crippen LogP contribution in [-0.2, 0) is 0 Å². The van der Waals surface area contributed by atoms with Crippen molar-refractivity contribution in [3.05, 3.63) is 22.4 Å². The first-order chi connectivity index (χ1) is 9.24. The molecule has 1 saturated heterocycles. The Bertz CT molecular complexity index is 540. The van der Waals surface area contributed by atoms with Crippen LogP contribution in [0.2, 0.25) is 0 Å². The van der Waals surface area contributed by atoms with Crippen LogP contribution in [0.3, 0.4) is 0 Å². The summed E-state index contributed by atoms with van der Waals surface area (Å²) in [4.78, 5) is 15.2. The lowest BCUT2D eigenvalue weighted by Gasteiger charge is -2.27. The lowest BCUT2D eigenvalue weighted by atomic mass is 9.98. The molecular weight excluding hydrogens is 276 g/mol. The molecule has 1 aliphatic rings. The highest BCUT2D eigenvalue weighted by Gasteiger charge is 2.20. The smallest absolute Gasteiger partial charge is 0.263 e. The predicted molar refractivity (Wildman–Crippen MR) is 82.3 cm³/mol. The highest BCUT2D eigenvalue weighted by Crippen LogP contribution is 2.30. The van der Waals surface area contributed by atoms with Gasteiger partial charge < -0.3 is 10.2 Å². The van der Waals surface area contributed by atoms with Gasteiger partial charge in [0.2, 0.25) is 0 Å². The maximum absolute atomic E-state index is 12.4. The van der Waals surface area contributed by atoms with Crippen LogP contribution in [0.15, 0.2) is 17.5 Å². The van der Waals surface area contributed by atoms with Gasteiger partial charge in [-0.2, -0.15) is 0 Å². The molecule has 0 aromatic carbocycles. The van der Waals surface area contributed by atoms with Crippen molar-refractivity contribution in [1.29, 1.82) is 0 Å². The summed E-state index contributed by atoms with van der Waals surface area (Å²) in [7, 11) is 1.93. The summed E-state index contributed by atoms with van der Waals surface area (Å²) in [6, 6.07) is 4.13. The molecule has 3 rings (SSSR count). The number of hydrogen-bond acceptors (Lipinski definition) is 4. The van der Waals surface area contributed by atoms with Gasteiger partial charge in [-0.15, -0.1) is 22.7 Å². The average molecular weight is 294 g/mol. The topological polar surface area (TPSA) is 32.3 Å². The summed E-state index contributed by atoms with van der Waals surface area (Å²) in [5.74, 6) is 0.822. The Morgan fingerprint density at radius 2 is 2.21 bits per heavy atom. The fourth-order valence-electron chi connectivity index (χ4n) is 2.59.